The van der Waals surface area contributed by atoms with Gasteiger partial charge in [-0.05, 0) is 23.8 Å². The van der Waals surface area contributed by atoms with Crippen molar-refractivity contribution in [3.8, 4) is 0 Å². The van der Waals surface area contributed by atoms with Gasteiger partial charge >= 0.3 is 0 Å². The van der Waals surface area contributed by atoms with Gasteiger partial charge in [0.1, 0.15) is 6.54 Å². The molecule has 0 saturated carbocycles. The summed E-state index contributed by atoms with van der Waals surface area (Å²) < 4.78 is 1.88. The van der Waals surface area contributed by atoms with Gasteiger partial charge in [-0.1, -0.05) is 42.5 Å². The lowest BCUT2D eigenvalue weighted by atomic mass is 10.2. The van der Waals surface area contributed by atoms with E-state index in [9.17, 15) is 4.79 Å². The number of imidazole rings is 1. The van der Waals surface area contributed by atoms with Crippen LogP contribution in [-0.4, -0.2) is 25.7 Å². The average molecular weight is 358 g/mol. The summed E-state index contributed by atoms with van der Waals surface area (Å²) in [4.78, 5) is 17.2. The summed E-state index contributed by atoms with van der Waals surface area (Å²) in [6, 6.07) is 19.5. The Hall–Kier alpha value is -3.74. The van der Waals surface area contributed by atoms with E-state index in [1.54, 1.807) is 6.07 Å². The number of hydrogen-bond acceptors (Lipinski definition) is 5. The average Bonchev–Trinajstić information content (AvgIpc) is 3.05. The van der Waals surface area contributed by atoms with Crippen molar-refractivity contribution in [2.75, 3.05) is 10.6 Å². The molecule has 0 bridgehead atoms. The highest BCUT2D eigenvalue weighted by atomic mass is 16.2. The molecule has 2 aromatic heterocycles. The number of nitrogens with zero attached hydrogens (tertiary/aromatic N) is 4. The third-order valence-corrected chi connectivity index (χ3v) is 4.12. The first-order valence-electron chi connectivity index (χ1n) is 8.59. The van der Waals surface area contributed by atoms with Crippen molar-refractivity contribution in [1.29, 1.82) is 0 Å². The van der Waals surface area contributed by atoms with Crippen molar-refractivity contribution in [1.82, 2.24) is 19.7 Å². The molecule has 0 fully saturated rings. The lowest BCUT2D eigenvalue weighted by molar-refractivity contribution is -0.116. The zero-order valence-electron chi connectivity index (χ0n) is 14.5. The summed E-state index contributed by atoms with van der Waals surface area (Å²) in [6.45, 7) is 0.764. The van der Waals surface area contributed by atoms with E-state index in [0.717, 1.165) is 16.6 Å². The Morgan fingerprint density at radius 2 is 1.78 bits per heavy atom. The maximum absolute atomic E-state index is 12.5. The molecule has 0 radical (unpaired) electrons. The number of nitrogens with one attached hydrogen (secondary N) is 2. The van der Waals surface area contributed by atoms with E-state index in [1.165, 1.54) is 12.4 Å². The molecule has 1 amide bonds. The Labute approximate surface area is 156 Å². The van der Waals surface area contributed by atoms with Gasteiger partial charge in [-0.2, -0.15) is 10.2 Å². The van der Waals surface area contributed by atoms with Crippen molar-refractivity contribution < 1.29 is 4.79 Å². The molecular formula is C20H18N6O. The van der Waals surface area contributed by atoms with Gasteiger partial charge in [-0.15, -0.1) is 0 Å². The van der Waals surface area contributed by atoms with Crippen LogP contribution in [0.4, 0.5) is 11.6 Å². The molecule has 0 aliphatic rings. The van der Waals surface area contributed by atoms with Crippen LogP contribution in [-0.2, 0) is 17.9 Å². The van der Waals surface area contributed by atoms with Gasteiger partial charge in [0.2, 0.25) is 11.9 Å². The van der Waals surface area contributed by atoms with E-state index in [0.29, 0.717) is 18.2 Å². The number of para-hydroxylation sites is 2. The number of hydrogen-bond donors (Lipinski definition) is 2. The highest BCUT2D eigenvalue weighted by Crippen LogP contribution is 2.20. The largest absolute Gasteiger partial charge is 0.352 e. The Morgan fingerprint density at radius 3 is 2.59 bits per heavy atom. The SMILES string of the molecule is O=C(Cn1c(NCc2ccccc2)nc2ccccc21)Nc1ccnnc1. The Bertz CT molecular complexity index is 1050. The molecule has 27 heavy (non-hydrogen) atoms. The summed E-state index contributed by atoms with van der Waals surface area (Å²) in [7, 11) is 0. The van der Waals surface area contributed by atoms with E-state index in [1.807, 2.05) is 59.2 Å². The smallest absolute Gasteiger partial charge is 0.244 e. The molecule has 0 unspecified atom stereocenters. The number of rotatable bonds is 6. The van der Waals surface area contributed by atoms with Crippen molar-refractivity contribution in [2.24, 2.45) is 0 Å². The van der Waals surface area contributed by atoms with Crippen LogP contribution >= 0.6 is 0 Å². The highest BCUT2D eigenvalue weighted by molar-refractivity contribution is 5.92. The van der Waals surface area contributed by atoms with Gasteiger partial charge in [0, 0.05) is 6.54 Å². The molecule has 4 rings (SSSR count). The van der Waals surface area contributed by atoms with Crippen LogP contribution < -0.4 is 10.6 Å². The van der Waals surface area contributed by atoms with Crippen LogP contribution in [0.25, 0.3) is 11.0 Å². The topological polar surface area (TPSA) is 84.7 Å². The number of carbonyl (C=O) groups is 1. The Morgan fingerprint density at radius 1 is 0.963 bits per heavy atom. The van der Waals surface area contributed by atoms with E-state index in [4.69, 9.17) is 0 Å². The predicted octanol–water partition coefficient (Wildman–Crippen LogP) is 3.08. The maximum atomic E-state index is 12.5. The molecule has 0 aliphatic heterocycles. The van der Waals surface area contributed by atoms with Crippen LogP contribution in [0, 0.1) is 0 Å². The first-order valence-corrected chi connectivity index (χ1v) is 8.59. The lowest BCUT2D eigenvalue weighted by Gasteiger charge is -2.11. The van der Waals surface area contributed by atoms with E-state index in [2.05, 4.69) is 25.8 Å². The molecule has 7 nitrogen and oxygen atoms in total. The molecule has 0 spiro atoms. The molecule has 2 aromatic carbocycles. The molecule has 7 heteroatoms. The minimum atomic E-state index is -0.158. The van der Waals surface area contributed by atoms with E-state index in [-0.39, 0.29) is 12.5 Å². The van der Waals surface area contributed by atoms with Crippen molar-refractivity contribution in [3.63, 3.8) is 0 Å². The lowest BCUT2D eigenvalue weighted by Crippen LogP contribution is -2.20. The molecule has 0 atom stereocenters. The fraction of sp³-hybridized carbons (Fsp3) is 0.100. The van der Waals surface area contributed by atoms with Crippen LogP contribution in [0.1, 0.15) is 5.56 Å². The zero-order chi connectivity index (χ0) is 18.5. The van der Waals surface area contributed by atoms with Crippen molar-refractivity contribution in [2.45, 2.75) is 13.1 Å². The second kappa shape index (κ2) is 7.65. The normalized spacial score (nSPS) is 10.7. The van der Waals surface area contributed by atoms with Crippen LogP contribution in [0.5, 0.6) is 0 Å². The molecule has 2 N–H and O–H groups in total. The maximum Gasteiger partial charge on any atom is 0.244 e. The van der Waals surface area contributed by atoms with E-state index < -0.39 is 0 Å². The third-order valence-electron chi connectivity index (χ3n) is 4.12. The summed E-state index contributed by atoms with van der Waals surface area (Å²) in [5.41, 5.74) is 3.49. The molecule has 2 heterocycles. The van der Waals surface area contributed by atoms with Gasteiger partial charge < -0.3 is 15.2 Å². The Balaban J connectivity index is 1.57. The first kappa shape index (κ1) is 16.7. The van der Waals surface area contributed by atoms with Gasteiger partial charge in [0.05, 0.1) is 29.1 Å². The number of carbonyl (C=O) groups excluding carboxylic acids is 1. The number of anilines is 2. The number of aromatic nitrogens is 4. The Kier molecular flexibility index (Phi) is 4.74. The predicted molar refractivity (Wildman–Crippen MR) is 104 cm³/mol. The molecule has 0 aliphatic carbocycles. The summed E-state index contributed by atoms with van der Waals surface area (Å²) in [6.07, 6.45) is 3.05. The summed E-state index contributed by atoms with van der Waals surface area (Å²) in [5.74, 6) is 0.497. The fourth-order valence-corrected chi connectivity index (χ4v) is 2.86. The van der Waals surface area contributed by atoms with E-state index >= 15 is 0 Å². The summed E-state index contributed by atoms with van der Waals surface area (Å²) in [5, 5.41) is 13.6. The second-order valence-corrected chi connectivity index (χ2v) is 6.03. The standard InChI is InChI=1S/C20H18N6O/c27-19(24-16-10-11-22-23-13-16)14-26-18-9-5-4-8-17(18)25-20(26)21-12-15-6-2-1-3-7-15/h1-11,13H,12,14H2,(H,21,25)(H,22,24,27). The van der Waals surface area contributed by atoms with Gasteiger partial charge in [0.15, 0.2) is 0 Å². The fourth-order valence-electron chi connectivity index (χ4n) is 2.86. The third kappa shape index (κ3) is 3.92. The van der Waals surface area contributed by atoms with Gasteiger partial charge in [-0.25, -0.2) is 4.98 Å². The minimum absolute atomic E-state index is 0.139. The quantitative estimate of drug-likeness (QED) is 0.553. The molecule has 134 valence electrons. The monoisotopic (exact) mass is 358 g/mol. The zero-order valence-corrected chi connectivity index (χ0v) is 14.5. The molecule has 0 saturated heterocycles. The van der Waals surface area contributed by atoms with Crippen molar-refractivity contribution in [3.05, 3.63) is 78.6 Å². The number of fused-ring (bicyclic) bond motifs is 1. The van der Waals surface area contributed by atoms with Gasteiger partial charge in [0.25, 0.3) is 0 Å². The molecule has 4 aromatic rings. The minimum Gasteiger partial charge on any atom is -0.352 e. The van der Waals surface area contributed by atoms with Crippen LogP contribution in [0.3, 0.4) is 0 Å². The number of benzene rings is 2. The molecular weight excluding hydrogens is 340 g/mol. The summed E-state index contributed by atoms with van der Waals surface area (Å²) >= 11 is 0. The highest BCUT2D eigenvalue weighted by Gasteiger charge is 2.13. The number of amides is 1. The van der Waals surface area contributed by atoms with Crippen LogP contribution in [0.2, 0.25) is 0 Å². The van der Waals surface area contributed by atoms with Crippen LogP contribution in [0.15, 0.2) is 73.1 Å². The van der Waals surface area contributed by atoms with Crippen molar-refractivity contribution >= 4 is 28.6 Å². The first-order chi connectivity index (χ1) is 13.3. The van der Waals surface area contributed by atoms with Gasteiger partial charge in [-0.3, -0.25) is 4.79 Å². The second-order valence-electron chi connectivity index (χ2n) is 6.03.